The second kappa shape index (κ2) is 6.43. The standard InChI is InChI=1S/C20H22N2O3S/c1-25-20-12-16(26(2,23)24)9-6-13(20)10-15-11-19(21-14-7-8-14)17-4-3-5-18(17)22-15/h3-4,6,9,11-12,14H,5,7-8,10H2,1-2H3,(H,21,22). The van der Waals surface area contributed by atoms with Gasteiger partial charge >= 0.3 is 0 Å². The molecule has 1 N–H and O–H groups in total. The van der Waals surface area contributed by atoms with E-state index in [0.717, 1.165) is 29.1 Å². The van der Waals surface area contributed by atoms with Crippen molar-refractivity contribution >= 4 is 21.6 Å². The third-order valence-electron chi connectivity index (χ3n) is 4.78. The van der Waals surface area contributed by atoms with Crippen LogP contribution in [0.25, 0.3) is 6.08 Å². The van der Waals surface area contributed by atoms with Crippen LogP contribution in [-0.2, 0) is 22.7 Å². The third kappa shape index (κ3) is 3.46. The lowest BCUT2D eigenvalue weighted by Crippen LogP contribution is -2.07. The van der Waals surface area contributed by atoms with E-state index in [-0.39, 0.29) is 4.90 Å². The van der Waals surface area contributed by atoms with Gasteiger partial charge in [-0.05, 0) is 31.0 Å². The van der Waals surface area contributed by atoms with Crippen LogP contribution in [-0.4, -0.2) is 32.8 Å². The molecule has 1 aromatic heterocycles. The van der Waals surface area contributed by atoms with Gasteiger partial charge in [-0.25, -0.2) is 8.42 Å². The Bertz CT molecular complexity index is 992. The first-order valence-corrected chi connectivity index (χ1v) is 10.7. The minimum absolute atomic E-state index is 0.264. The molecule has 0 bridgehead atoms. The summed E-state index contributed by atoms with van der Waals surface area (Å²) >= 11 is 0. The number of methoxy groups -OCH3 is 1. The molecule has 2 aromatic rings. The lowest BCUT2D eigenvalue weighted by Gasteiger charge is -2.14. The summed E-state index contributed by atoms with van der Waals surface area (Å²) < 4.78 is 29.0. The molecule has 2 aliphatic carbocycles. The Kier molecular flexibility index (Phi) is 4.23. The second-order valence-corrected chi connectivity index (χ2v) is 8.98. The Hall–Kier alpha value is -2.34. The number of aromatic nitrogens is 1. The number of benzene rings is 1. The Morgan fingerprint density at radius 3 is 2.77 bits per heavy atom. The number of fused-ring (bicyclic) bond motifs is 1. The molecule has 1 saturated carbocycles. The van der Waals surface area contributed by atoms with Gasteiger partial charge in [0.05, 0.1) is 17.7 Å². The van der Waals surface area contributed by atoms with Gasteiger partial charge in [0.15, 0.2) is 9.84 Å². The fourth-order valence-corrected chi connectivity index (χ4v) is 3.89. The average Bonchev–Trinajstić information content (AvgIpc) is 3.28. The molecule has 6 heteroatoms. The highest BCUT2D eigenvalue weighted by Gasteiger charge is 2.24. The van der Waals surface area contributed by atoms with Gasteiger partial charge in [0.2, 0.25) is 0 Å². The van der Waals surface area contributed by atoms with Crippen LogP contribution in [0.5, 0.6) is 5.75 Å². The van der Waals surface area contributed by atoms with E-state index in [2.05, 4.69) is 23.5 Å². The molecule has 1 aromatic carbocycles. The summed E-state index contributed by atoms with van der Waals surface area (Å²) in [4.78, 5) is 5.07. The van der Waals surface area contributed by atoms with Crippen molar-refractivity contribution in [3.8, 4) is 5.75 Å². The highest BCUT2D eigenvalue weighted by atomic mass is 32.2. The minimum atomic E-state index is -3.26. The zero-order valence-electron chi connectivity index (χ0n) is 15.0. The van der Waals surface area contributed by atoms with Crippen molar-refractivity contribution in [2.24, 2.45) is 0 Å². The molecule has 0 radical (unpaired) electrons. The molecule has 2 aliphatic rings. The third-order valence-corrected chi connectivity index (χ3v) is 5.89. The molecule has 5 nitrogen and oxygen atoms in total. The van der Waals surface area contributed by atoms with Crippen LogP contribution in [0.2, 0.25) is 0 Å². The van der Waals surface area contributed by atoms with Gasteiger partial charge in [-0.15, -0.1) is 0 Å². The Morgan fingerprint density at radius 1 is 1.27 bits per heavy atom. The van der Waals surface area contributed by atoms with Crippen molar-refractivity contribution in [3.63, 3.8) is 0 Å². The zero-order chi connectivity index (χ0) is 18.3. The summed E-state index contributed by atoms with van der Waals surface area (Å²) in [5, 5.41) is 3.60. The fourth-order valence-electron chi connectivity index (χ4n) is 3.25. The van der Waals surface area contributed by atoms with Gasteiger partial charge < -0.3 is 10.1 Å². The number of nitrogens with one attached hydrogen (secondary N) is 1. The topological polar surface area (TPSA) is 68.3 Å². The lowest BCUT2D eigenvalue weighted by molar-refractivity contribution is 0.409. The Balaban J connectivity index is 1.67. The van der Waals surface area contributed by atoms with Crippen LogP contribution in [0, 0.1) is 0 Å². The van der Waals surface area contributed by atoms with E-state index < -0.39 is 9.84 Å². The first-order chi connectivity index (χ1) is 12.4. The molecular formula is C20H22N2O3S. The highest BCUT2D eigenvalue weighted by Crippen LogP contribution is 2.33. The number of nitrogens with zero attached hydrogens (tertiary/aromatic N) is 1. The normalized spacial score (nSPS) is 15.8. The first kappa shape index (κ1) is 17.1. The number of hydrogen-bond acceptors (Lipinski definition) is 5. The van der Waals surface area contributed by atoms with E-state index in [1.165, 1.54) is 24.7 Å². The highest BCUT2D eigenvalue weighted by molar-refractivity contribution is 7.90. The lowest BCUT2D eigenvalue weighted by atomic mass is 10.1. The largest absolute Gasteiger partial charge is 0.496 e. The van der Waals surface area contributed by atoms with Crippen molar-refractivity contribution in [2.75, 3.05) is 18.7 Å². The quantitative estimate of drug-likeness (QED) is 0.845. The van der Waals surface area contributed by atoms with E-state index in [1.807, 2.05) is 6.07 Å². The molecule has 0 atom stereocenters. The number of rotatable bonds is 6. The van der Waals surface area contributed by atoms with Gasteiger partial charge in [0.1, 0.15) is 5.75 Å². The summed E-state index contributed by atoms with van der Waals surface area (Å²) in [6.45, 7) is 0. The van der Waals surface area contributed by atoms with Crippen molar-refractivity contribution in [1.82, 2.24) is 4.98 Å². The summed E-state index contributed by atoms with van der Waals surface area (Å²) in [7, 11) is -1.70. The van der Waals surface area contributed by atoms with Gasteiger partial charge in [-0.3, -0.25) is 4.98 Å². The number of anilines is 1. The van der Waals surface area contributed by atoms with Crippen LogP contribution < -0.4 is 10.1 Å². The smallest absolute Gasteiger partial charge is 0.175 e. The van der Waals surface area contributed by atoms with E-state index in [4.69, 9.17) is 9.72 Å². The van der Waals surface area contributed by atoms with E-state index in [1.54, 1.807) is 19.2 Å². The molecule has 0 saturated heterocycles. The van der Waals surface area contributed by atoms with Crippen molar-refractivity contribution in [1.29, 1.82) is 0 Å². The maximum absolute atomic E-state index is 11.8. The van der Waals surface area contributed by atoms with Crippen LogP contribution in [0.4, 0.5) is 5.69 Å². The summed E-state index contributed by atoms with van der Waals surface area (Å²) in [5.41, 5.74) is 5.32. The number of allylic oxidation sites excluding steroid dienone is 1. The summed E-state index contributed by atoms with van der Waals surface area (Å²) in [6, 6.07) is 7.72. The Labute approximate surface area is 154 Å². The molecule has 0 amide bonds. The van der Waals surface area contributed by atoms with E-state index in [0.29, 0.717) is 18.2 Å². The average molecular weight is 370 g/mol. The fraction of sp³-hybridized carbons (Fsp3) is 0.350. The Morgan fingerprint density at radius 2 is 2.08 bits per heavy atom. The minimum Gasteiger partial charge on any atom is -0.496 e. The van der Waals surface area contributed by atoms with E-state index in [9.17, 15) is 8.42 Å². The summed E-state index contributed by atoms with van der Waals surface area (Å²) in [6.07, 6.45) is 9.37. The number of ether oxygens (including phenoxy) is 1. The first-order valence-electron chi connectivity index (χ1n) is 8.77. The maximum Gasteiger partial charge on any atom is 0.175 e. The van der Waals surface area contributed by atoms with Crippen molar-refractivity contribution in [3.05, 3.63) is 52.9 Å². The molecular weight excluding hydrogens is 348 g/mol. The van der Waals surface area contributed by atoms with Crippen LogP contribution in [0.3, 0.4) is 0 Å². The van der Waals surface area contributed by atoms with Crippen LogP contribution in [0.15, 0.2) is 35.2 Å². The molecule has 4 rings (SSSR count). The summed E-state index contributed by atoms with van der Waals surface area (Å²) in [5.74, 6) is 0.574. The number of sulfone groups is 1. The SMILES string of the molecule is COc1cc(S(C)(=O)=O)ccc1Cc1cc(NC2CC2)c2c(n1)CC=C2. The molecule has 26 heavy (non-hydrogen) atoms. The van der Waals surface area contributed by atoms with Crippen LogP contribution in [0.1, 0.15) is 35.4 Å². The van der Waals surface area contributed by atoms with Crippen molar-refractivity contribution < 1.29 is 13.2 Å². The zero-order valence-corrected chi connectivity index (χ0v) is 15.8. The molecule has 0 spiro atoms. The number of pyridine rings is 1. The molecule has 136 valence electrons. The maximum atomic E-state index is 11.8. The predicted molar refractivity (Wildman–Crippen MR) is 103 cm³/mol. The van der Waals surface area contributed by atoms with Gasteiger partial charge in [-0.1, -0.05) is 18.2 Å². The van der Waals surface area contributed by atoms with Crippen LogP contribution >= 0.6 is 0 Å². The molecule has 0 unspecified atom stereocenters. The second-order valence-electron chi connectivity index (χ2n) is 6.97. The van der Waals surface area contributed by atoms with E-state index >= 15 is 0 Å². The van der Waals surface area contributed by atoms with Crippen molar-refractivity contribution in [2.45, 2.75) is 36.6 Å². The molecule has 1 heterocycles. The predicted octanol–water partition coefficient (Wildman–Crippen LogP) is 3.23. The van der Waals surface area contributed by atoms with Gasteiger partial charge in [-0.2, -0.15) is 0 Å². The van der Waals surface area contributed by atoms with Gasteiger partial charge in [0, 0.05) is 47.6 Å². The number of hydrogen-bond donors (Lipinski definition) is 1. The van der Waals surface area contributed by atoms with Gasteiger partial charge in [0.25, 0.3) is 0 Å². The monoisotopic (exact) mass is 370 g/mol. The molecule has 1 fully saturated rings. The molecule has 0 aliphatic heterocycles.